The van der Waals surface area contributed by atoms with E-state index in [0.29, 0.717) is 6.54 Å². The number of rotatable bonds is 4. The lowest BCUT2D eigenvalue weighted by atomic mass is 10.0. The Morgan fingerprint density at radius 2 is 2.00 bits per heavy atom. The average molecular weight is 245 g/mol. The molecule has 0 aromatic heterocycles. The van der Waals surface area contributed by atoms with Crippen molar-refractivity contribution >= 4 is 16.7 Å². The highest BCUT2D eigenvalue weighted by Crippen LogP contribution is 2.26. The molecule has 0 bridgehead atoms. The lowest BCUT2D eigenvalue weighted by Crippen LogP contribution is -2.33. The molecule has 94 valence electrons. The third-order valence-corrected chi connectivity index (χ3v) is 2.97. The summed E-state index contributed by atoms with van der Waals surface area (Å²) < 4.78 is 0. The molecular formula is C14H15NO3. The molecule has 0 aliphatic rings. The first-order valence-electron chi connectivity index (χ1n) is 5.75. The smallest absolute Gasteiger partial charge is 0.320 e. The SMILES string of the molecule is CC(NCc1c(O)ccc2ccccc12)C(=O)O. The molecule has 2 aromatic rings. The fraction of sp³-hybridized carbons (Fsp3) is 0.214. The molecule has 4 heteroatoms. The first-order valence-corrected chi connectivity index (χ1v) is 5.75. The zero-order valence-corrected chi connectivity index (χ0v) is 10.1. The summed E-state index contributed by atoms with van der Waals surface area (Å²) in [6.07, 6.45) is 0. The molecule has 0 saturated heterocycles. The molecule has 0 aliphatic heterocycles. The van der Waals surface area contributed by atoms with Gasteiger partial charge in [0.2, 0.25) is 0 Å². The first-order chi connectivity index (χ1) is 8.59. The van der Waals surface area contributed by atoms with Gasteiger partial charge in [0.25, 0.3) is 0 Å². The topological polar surface area (TPSA) is 69.6 Å². The van der Waals surface area contributed by atoms with Gasteiger partial charge in [-0.2, -0.15) is 0 Å². The van der Waals surface area contributed by atoms with Gasteiger partial charge < -0.3 is 15.5 Å². The van der Waals surface area contributed by atoms with E-state index in [1.807, 2.05) is 30.3 Å². The van der Waals surface area contributed by atoms with Crippen LogP contribution in [-0.2, 0) is 11.3 Å². The van der Waals surface area contributed by atoms with Gasteiger partial charge in [0.05, 0.1) is 0 Å². The maximum atomic E-state index is 10.7. The summed E-state index contributed by atoms with van der Waals surface area (Å²) in [6.45, 7) is 1.89. The van der Waals surface area contributed by atoms with Gasteiger partial charge in [-0.3, -0.25) is 4.79 Å². The molecule has 1 unspecified atom stereocenters. The minimum atomic E-state index is -0.908. The summed E-state index contributed by atoms with van der Waals surface area (Å²) in [5.74, 6) is -0.728. The number of phenolic OH excluding ortho intramolecular Hbond substituents is 1. The van der Waals surface area contributed by atoms with E-state index in [9.17, 15) is 9.90 Å². The Labute approximate surface area is 105 Å². The third kappa shape index (κ3) is 2.43. The number of hydrogen-bond acceptors (Lipinski definition) is 3. The van der Waals surface area contributed by atoms with Gasteiger partial charge >= 0.3 is 5.97 Å². The van der Waals surface area contributed by atoms with E-state index in [1.54, 1.807) is 13.0 Å². The van der Waals surface area contributed by atoms with Crippen LogP contribution in [0.3, 0.4) is 0 Å². The van der Waals surface area contributed by atoms with E-state index < -0.39 is 12.0 Å². The van der Waals surface area contributed by atoms with Gasteiger partial charge in [-0.15, -0.1) is 0 Å². The van der Waals surface area contributed by atoms with Crippen molar-refractivity contribution in [1.82, 2.24) is 5.32 Å². The normalized spacial score (nSPS) is 12.5. The number of carboxylic acid groups (broad SMARTS) is 1. The second-order valence-electron chi connectivity index (χ2n) is 4.23. The number of carbonyl (C=O) groups is 1. The van der Waals surface area contributed by atoms with Gasteiger partial charge in [0.1, 0.15) is 11.8 Å². The van der Waals surface area contributed by atoms with Gasteiger partial charge in [-0.1, -0.05) is 30.3 Å². The number of fused-ring (bicyclic) bond motifs is 1. The monoisotopic (exact) mass is 245 g/mol. The molecule has 0 radical (unpaired) electrons. The number of hydrogen-bond donors (Lipinski definition) is 3. The summed E-state index contributed by atoms with van der Waals surface area (Å²) in [7, 11) is 0. The van der Waals surface area contributed by atoms with Crippen molar-refractivity contribution in [2.45, 2.75) is 19.5 Å². The Kier molecular flexibility index (Phi) is 3.48. The lowest BCUT2D eigenvalue weighted by Gasteiger charge is -2.12. The van der Waals surface area contributed by atoms with Crippen molar-refractivity contribution < 1.29 is 15.0 Å². The molecule has 0 saturated carbocycles. The van der Waals surface area contributed by atoms with Crippen LogP contribution >= 0.6 is 0 Å². The number of aromatic hydroxyl groups is 1. The quantitative estimate of drug-likeness (QED) is 0.771. The van der Waals surface area contributed by atoms with Crippen LogP contribution < -0.4 is 5.32 Å². The van der Waals surface area contributed by atoms with Crippen molar-refractivity contribution in [3.8, 4) is 5.75 Å². The van der Waals surface area contributed by atoms with E-state index in [0.717, 1.165) is 16.3 Å². The molecule has 0 amide bonds. The van der Waals surface area contributed by atoms with Gasteiger partial charge in [-0.25, -0.2) is 0 Å². The largest absolute Gasteiger partial charge is 0.508 e. The van der Waals surface area contributed by atoms with Crippen molar-refractivity contribution in [3.05, 3.63) is 42.0 Å². The minimum absolute atomic E-state index is 0.179. The number of phenols is 1. The fourth-order valence-electron chi connectivity index (χ4n) is 1.85. The summed E-state index contributed by atoms with van der Waals surface area (Å²) >= 11 is 0. The molecule has 0 fully saturated rings. The Balaban J connectivity index is 2.32. The van der Waals surface area contributed by atoms with Crippen LogP contribution in [0.2, 0.25) is 0 Å². The van der Waals surface area contributed by atoms with Crippen molar-refractivity contribution in [2.75, 3.05) is 0 Å². The van der Waals surface area contributed by atoms with E-state index in [2.05, 4.69) is 5.32 Å². The van der Waals surface area contributed by atoms with Crippen molar-refractivity contribution in [3.63, 3.8) is 0 Å². The molecule has 1 atom stereocenters. The van der Waals surface area contributed by atoms with E-state index in [-0.39, 0.29) is 5.75 Å². The second-order valence-corrected chi connectivity index (χ2v) is 4.23. The van der Waals surface area contributed by atoms with Gasteiger partial charge in [0.15, 0.2) is 0 Å². The fourth-order valence-corrected chi connectivity index (χ4v) is 1.85. The summed E-state index contributed by atoms with van der Waals surface area (Å²) in [5.41, 5.74) is 0.723. The standard InChI is InChI=1S/C14H15NO3/c1-9(14(17)18)15-8-12-11-5-3-2-4-10(11)6-7-13(12)16/h2-7,9,15-16H,8H2,1H3,(H,17,18). The van der Waals surface area contributed by atoms with Crippen LogP contribution in [0.5, 0.6) is 5.75 Å². The van der Waals surface area contributed by atoms with E-state index in [4.69, 9.17) is 5.11 Å². The molecule has 3 N–H and O–H groups in total. The van der Waals surface area contributed by atoms with Crippen molar-refractivity contribution in [1.29, 1.82) is 0 Å². The Morgan fingerprint density at radius 3 is 2.72 bits per heavy atom. The van der Waals surface area contributed by atoms with Crippen LogP contribution in [0.15, 0.2) is 36.4 Å². The zero-order valence-electron chi connectivity index (χ0n) is 10.1. The summed E-state index contributed by atoms with van der Waals surface area (Å²) in [4.78, 5) is 10.7. The van der Waals surface area contributed by atoms with Crippen molar-refractivity contribution in [2.24, 2.45) is 0 Å². The number of carboxylic acids is 1. The lowest BCUT2D eigenvalue weighted by molar-refractivity contribution is -0.139. The number of nitrogens with one attached hydrogen (secondary N) is 1. The van der Waals surface area contributed by atoms with Crippen LogP contribution in [0.1, 0.15) is 12.5 Å². The highest BCUT2D eigenvalue weighted by atomic mass is 16.4. The third-order valence-electron chi connectivity index (χ3n) is 2.97. The Hall–Kier alpha value is -2.07. The Bertz CT molecular complexity index is 580. The Morgan fingerprint density at radius 1 is 1.28 bits per heavy atom. The van der Waals surface area contributed by atoms with E-state index in [1.165, 1.54) is 0 Å². The highest BCUT2D eigenvalue weighted by Gasteiger charge is 2.12. The molecule has 2 aromatic carbocycles. The van der Waals surface area contributed by atoms with Crippen LogP contribution in [0.4, 0.5) is 0 Å². The summed E-state index contributed by atoms with van der Waals surface area (Å²) in [6, 6.07) is 10.5. The average Bonchev–Trinajstić information content (AvgIpc) is 2.37. The second kappa shape index (κ2) is 5.06. The maximum absolute atomic E-state index is 10.7. The zero-order chi connectivity index (χ0) is 13.1. The van der Waals surface area contributed by atoms with E-state index >= 15 is 0 Å². The maximum Gasteiger partial charge on any atom is 0.320 e. The molecule has 0 aliphatic carbocycles. The molecule has 4 nitrogen and oxygen atoms in total. The predicted octanol–water partition coefficient (Wildman–Crippen LogP) is 2.11. The molecule has 2 rings (SSSR count). The molecular weight excluding hydrogens is 230 g/mol. The van der Waals surface area contributed by atoms with Gasteiger partial charge in [-0.05, 0) is 23.8 Å². The number of aliphatic carboxylic acids is 1. The van der Waals surface area contributed by atoms with Gasteiger partial charge in [0, 0.05) is 12.1 Å². The minimum Gasteiger partial charge on any atom is -0.508 e. The first kappa shape index (κ1) is 12.4. The van der Waals surface area contributed by atoms with Crippen LogP contribution in [0.25, 0.3) is 10.8 Å². The molecule has 18 heavy (non-hydrogen) atoms. The van der Waals surface area contributed by atoms with Crippen LogP contribution in [0, 0.1) is 0 Å². The molecule has 0 heterocycles. The number of benzene rings is 2. The highest BCUT2D eigenvalue weighted by molar-refractivity contribution is 5.87. The predicted molar refractivity (Wildman–Crippen MR) is 69.6 cm³/mol. The summed E-state index contributed by atoms with van der Waals surface area (Å²) in [5, 5.41) is 23.5. The molecule has 0 spiro atoms. The van der Waals surface area contributed by atoms with Crippen LogP contribution in [-0.4, -0.2) is 22.2 Å².